The largest absolute Gasteiger partial charge is 0.487 e. The van der Waals surface area contributed by atoms with Gasteiger partial charge in [-0.3, -0.25) is 19.9 Å². The predicted molar refractivity (Wildman–Crippen MR) is 88.2 cm³/mol. The van der Waals surface area contributed by atoms with Crippen molar-refractivity contribution < 1.29 is 14.5 Å². The minimum Gasteiger partial charge on any atom is -0.487 e. The Balaban J connectivity index is 2.07. The van der Waals surface area contributed by atoms with Crippen LogP contribution in [0.1, 0.15) is 29.3 Å². The van der Waals surface area contributed by atoms with Gasteiger partial charge in [0.05, 0.1) is 23.3 Å². The highest BCUT2D eigenvalue weighted by Gasteiger charge is 2.15. The number of rotatable bonds is 7. The first-order valence-corrected chi connectivity index (χ1v) is 7.26. The van der Waals surface area contributed by atoms with Crippen molar-refractivity contribution >= 4 is 17.8 Å². The maximum absolute atomic E-state index is 11.8. The van der Waals surface area contributed by atoms with Crippen molar-refractivity contribution in [1.29, 1.82) is 0 Å². The van der Waals surface area contributed by atoms with Crippen molar-refractivity contribution in [2.45, 2.75) is 13.3 Å². The quantitative estimate of drug-likeness (QED) is 0.477. The molecule has 8 heteroatoms. The number of ether oxygens (including phenoxy) is 1. The Morgan fingerprint density at radius 3 is 2.96 bits per heavy atom. The third-order valence-electron chi connectivity index (χ3n) is 2.94. The number of hydrazone groups is 1. The van der Waals surface area contributed by atoms with Crippen LogP contribution in [0, 0.1) is 10.1 Å². The first kappa shape index (κ1) is 17.1. The topological polar surface area (TPSA) is 107 Å². The molecule has 0 fully saturated rings. The van der Waals surface area contributed by atoms with E-state index in [0.29, 0.717) is 17.7 Å². The molecule has 1 aromatic heterocycles. The zero-order chi connectivity index (χ0) is 17.4. The molecule has 124 valence electrons. The standard InChI is InChI=1S/C16H16N4O4/c1-2-8-24-15-6-5-12(9-14(15)20(22)23)10-18-19-16(21)13-4-3-7-17-11-13/h3-7,9-11H,2,8H2,1H3,(H,19,21)/b18-10-. The van der Waals surface area contributed by atoms with Gasteiger partial charge in [0.2, 0.25) is 0 Å². The zero-order valence-electron chi connectivity index (χ0n) is 13.0. The van der Waals surface area contributed by atoms with Crippen LogP contribution < -0.4 is 10.2 Å². The summed E-state index contributed by atoms with van der Waals surface area (Å²) >= 11 is 0. The lowest BCUT2D eigenvalue weighted by atomic mass is 10.2. The molecule has 0 atom stereocenters. The summed E-state index contributed by atoms with van der Waals surface area (Å²) in [7, 11) is 0. The van der Waals surface area contributed by atoms with Gasteiger partial charge in [-0.25, -0.2) is 5.43 Å². The van der Waals surface area contributed by atoms with E-state index in [9.17, 15) is 14.9 Å². The number of nitro groups is 1. The normalized spacial score (nSPS) is 10.5. The molecule has 1 N–H and O–H groups in total. The van der Waals surface area contributed by atoms with Gasteiger partial charge >= 0.3 is 5.69 Å². The fraction of sp³-hybridized carbons (Fsp3) is 0.188. The molecule has 0 saturated carbocycles. The van der Waals surface area contributed by atoms with Crippen LogP contribution in [0.15, 0.2) is 47.8 Å². The van der Waals surface area contributed by atoms with Gasteiger partial charge in [-0.2, -0.15) is 5.10 Å². The molecule has 0 aliphatic heterocycles. The highest BCUT2D eigenvalue weighted by Crippen LogP contribution is 2.27. The maximum Gasteiger partial charge on any atom is 0.311 e. The number of carbonyl (C=O) groups is 1. The number of nitrogens with one attached hydrogen (secondary N) is 1. The SMILES string of the molecule is CCCOc1ccc(/C=N\NC(=O)c2cccnc2)cc1[N+](=O)[O-]. The van der Waals surface area contributed by atoms with Crippen LogP contribution in [0.3, 0.4) is 0 Å². The molecule has 2 aromatic rings. The van der Waals surface area contributed by atoms with Crippen molar-refractivity contribution in [3.8, 4) is 5.75 Å². The minimum atomic E-state index is -0.517. The Morgan fingerprint density at radius 2 is 2.29 bits per heavy atom. The highest BCUT2D eigenvalue weighted by atomic mass is 16.6. The summed E-state index contributed by atoms with van der Waals surface area (Å²) in [5.41, 5.74) is 3.02. The summed E-state index contributed by atoms with van der Waals surface area (Å²) < 4.78 is 5.34. The summed E-state index contributed by atoms with van der Waals surface area (Å²) in [6.07, 6.45) is 5.04. The van der Waals surface area contributed by atoms with Crippen LogP contribution in [-0.2, 0) is 0 Å². The third kappa shape index (κ3) is 4.60. The van der Waals surface area contributed by atoms with Gasteiger partial charge in [0.1, 0.15) is 0 Å². The van der Waals surface area contributed by atoms with Gasteiger partial charge in [0.15, 0.2) is 5.75 Å². The average Bonchev–Trinajstić information content (AvgIpc) is 2.61. The number of pyridine rings is 1. The minimum absolute atomic E-state index is 0.147. The molecule has 24 heavy (non-hydrogen) atoms. The molecule has 0 saturated heterocycles. The van der Waals surface area contributed by atoms with E-state index in [-0.39, 0.29) is 11.4 Å². The van der Waals surface area contributed by atoms with Crippen molar-refractivity contribution in [3.05, 3.63) is 64.0 Å². The van der Waals surface area contributed by atoms with Gasteiger partial charge in [0, 0.05) is 24.0 Å². The number of hydrogen-bond donors (Lipinski definition) is 1. The number of aromatic nitrogens is 1. The number of nitro benzene ring substituents is 1. The van der Waals surface area contributed by atoms with Crippen LogP contribution in [0.25, 0.3) is 0 Å². The number of carbonyl (C=O) groups excluding carboxylic acids is 1. The summed E-state index contributed by atoms with van der Waals surface area (Å²) in [5.74, 6) is -0.213. The Morgan fingerprint density at radius 1 is 1.46 bits per heavy atom. The van der Waals surface area contributed by atoms with Crippen LogP contribution in [0.2, 0.25) is 0 Å². The average molecular weight is 328 g/mol. The molecule has 1 heterocycles. The molecule has 0 aliphatic rings. The lowest BCUT2D eigenvalue weighted by Crippen LogP contribution is -2.17. The number of hydrogen-bond acceptors (Lipinski definition) is 6. The lowest BCUT2D eigenvalue weighted by molar-refractivity contribution is -0.385. The summed E-state index contributed by atoms with van der Waals surface area (Å²) in [4.78, 5) is 26.2. The molecule has 1 amide bonds. The zero-order valence-corrected chi connectivity index (χ0v) is 13.0. The number of amides is 1. The Kier molecular flexibility index (Phi) is 5.95. The van der Waals surface area contributed by atoms with E-state index in [1.807, 2.05) is 6.92 Å². The highest BCUT2D eigenvalue weighted by molar-refractivity contribution is 5.94. The molecule has 0 spiro atoms. The maximum atomic E-state index is 11.8. The third-order valence-corrected chi connectivity index (χ3v) is 2.94. The molecule has 1 aromatic carbocycles. The van der Waals surface area contributed by atoms with E-state index in [1.165, 1.54) is 24.5 Å². The van der Waals surface area contributed by atoms with E-state index in [2.05, 4.69) is 15.5 Å². The molecule has 2 rings (SSSR count). The second-order valence-electron chi connectivity index (χ2n) is 4.77. The van der Waals surface area contributed by atoms with E-state index in [1.54, 1.807) is 24.4 Å². The molecule has 8 nitrogen and oxygen atoms in total. The second-order valence-corrected chi connectivity index (χ2v) is 4.77. The number of benzene rings is 1. The molecule has 0 radical (unpaired) electrons. The van der Waals surface area contributed by atoms with E-state index in [0.717, 1.165) is 6.42 Å². The predicted octanol–water partition coefficient (Wildman–Crippen LogP) is 2.54. The fourth-order valence-corrected chi connectivity index (χ4v) is 1.82. The van der Waals surface area contributed by atoms with Crippen LogP contribution in [0.5, 0.6) is 5.75 Å². The monoisotopic (exact) mass is 328 g/mol. The summed E-state index contributed by atoms with van der Waals surface area (Å²) in [6, 6.07) is 7.71. The second kappa shape index (κ2) is 8.37. The molecule has 0 aliphatic carbocycles. The summed E-state index contributed by atoms with van der Waals surface area (Å²) in [5, 5.41) is 14.9. The Bertz CT molecular complexity index is 747. The Labute approximate surface area is 138 Å². The smallest absolute Gasteiger partial charge is 0.311 e. The van der Waals surface area contributed by atoms with Crippen molar-refractivity contribution in [3.63, 3.8) is 0 Å². The van der Waals surface area contributed by atoms with E-state index >= 15 is 0 Å². The van der Waals surface area contributed by atoms with Crippen molar-refractivity contribution in [2.24, 2.45) is 5.10 Å². The van der Waals surface area contributed by atoms with Gasteiger partial charge in [0.25, 0.3) is 5.91 Å². The Hall–Kier alpha value is -3.29. The lowest BCUT2D eigenvalue weighted by Gasteiger charge is -2.05. The number of nitrogens with zero attached hydrogens (tertiary/aromatic N) is 3. The van der Waals surface area contributed by atoms with Gasteiger partial charge < -0.3 is 4.74 Å². The molecule has 0 bridgehead atoms. The van der Waals surface area contributed by atoms with Crippen LogP contribution in [-0.4, -0.2) is 28.6 Å². The first-order valence-electron chi connectivity index (χ1n) is 7.26. The molecular weight excluding hydrogens is 312 g/mol. The molecular formula is C16H16N4O4. The van der Waals surface area contributed by atoms with Crippen LogP contribution in [0.4, 0.5) is 5.69 Å². The van der Waals surface area contributed by atoms with Gasteiger partial charge in [-0.1, -0.05) is 6.92 Å². The van der Waals surface area contributed by atoms with Crippen LogP contribution >= 0.6 is 0 Å². The molecule has 0 unspecified atom stereocenters. The first-order chi connectivity index (χ1) is 11.6. The van der Waals surface area contributed by atoms with Crippen molar-refractivity contribution in [1.82, 2.24) is 10.4 Å². The van der Waals surface area contributed by atoms with E-state index in [4.69, 9.17) is 4.74 Å². The fourth-order valence-electron chi connectivity index (χ4n) is 1.82. The van der Waals surface area contributed by atoms with Crippen molar-refractivity contribution in [2.75, 3.05) is 6.61 Å². The van der Waals surface area contributed by atoms with Gasteiger partial charge in [-0.15, -0.1) is 0 Å². The van der Waals surface area contributed by atoms with E-state index < -0.39 is 10.8 Å². The van der Waals surface area contributed by atoms with Gasteiger partial charge in [-0.05, 0) is 30.7 Å². The summed E-state index contributed by atoms with van der Waals surface area (Å²) in [6.45, 7) is 2.31.